The van der Waals surface area contributed by atoms with E-state index >= 15 is 0 Å². The Kier molecular flexibility index (Phi) is 5.20. The zero-order valence-corrected chi connectivity index (χ0v) is 13.4. The van der Waals surface area contributed by atoms with Gasteiger partial charge in [-0.15, -0.1) is 0 Å². The Balaban J connectivity index is 1.89. The minimum absolute atomic E-state index is 0.0290. The molecule has 1 heterocycles. The van der Waals surface area contributed by atoms with Crippen LogP contribution in [0.1, 0.15) is 23.9 Å². The number of benzene rings is 1. The summed E-state index contributed by atoms with van der Waals surface area (Å²) in [6, 6.07) is 13.4. The third-order valence-electron chi connectivity index (χ3n) is 3.59. The second-order valence-corrected chi connectivity index (χ2v) is 6.92. The SMILES string of the molecule is CCc1ccc(CCNS(=O)(=O)Cc2ccccc2)n1C. The third kappa shape index (κ3) is 4.44. The second-order valence-electron chi connectivity index (χ2n) is 5.12. The molecule has 0 bridgehead atoms. The molecule has 0 spiro atoms. The zero-order valence-electron chi connectivity index (χ0n) is 12.5. The van der Waals surface area contributed by atoms with E-state index in [0.717, 1.165) is 17.7 Å². The third-order valence-corrected chi connectivity index (χ3v) is 4.95. The molecule has 0 fully saturated rings. The summed E-state index contributed by atoms with van der Waals surface area (Å²) in [6.45, 7) is 2.54. The summed E-state index contributed by atoms with van der Waals surface area (Å²) in [5, 5.41) is 0. The maximum atomic E-state index is 12.0. The van der Waals surface area contributed by atoms with Crippen molar-refractivity contribution in [2.24, 2.45) is 7.05 Å². The summed E-state index contributed by atoms with van der Waals surface area (Å²) in [4.78, 5) is 0. The van der Waals surface area contributed by atoms with Crippen LogP contribution in [-0.4, -0.2) is 19.5 Å². The predicted octanol–water partition coefficient (Wildman–Crippen LogP) is 2.25. The predicted molar refractivity (Wildman–Crippen MR) is 85.6 cm³/mol. The van der Waals surface area contributed by atoms with Crippen LogP contribution in [0.25, 0.3) is 0 Å². The summed E-state index contributed by atoms with van der Waals surface area (Å²) in [6.07, 6.45) is 1.68. The topological polar surface area (TPSA) is 51.1 Å². The molecule has 1 aromatic heterocycles. The molecule has 0 aliphatic rings. The highest BCUT2D eigenvalue weighted by Gasteiger charge is 2.11. The van der Waals surface area contributed by atoms with Gasteiger partial charge in [0.05, 0.1) is 5.75 Å². The van der Waals surface area contributed by atoms with Crippen molar-refractivity contribution in [2.45, 2.75) is 25.5 Å². The van der Waals surface area contributed by atoms with Crippen LogP contribution in [0.4, 0.5) is 0 Å². The molecule has 0 radical (unpaired) electrons. The number of hydrogen-bond acceptors (Lipinski definition) is 2. The normalized spacial score (nSPS) is 11.7. The molecule has 0 aliphatic carbocycles. The fourth-order valence-corrected chi connectivity index (χ4v) is 3.53. The van der Waals surface area contributed by atoms with Crippen LogP contribution >= 0.6 is 0 Å². The second kappa shape index (κ2) is 6.91. The molecule has 2 aromatic rings. The Hall–Kier alpha value is -1.59. The fraction of sp³-hybridized carbons (Fsp3) is 0.375. The van der Waals surface area contributed by atoms with Gasteiger partial charge in [0, 0.05) is 31.4 Å². The Morgan fingerprint density at radius 2 is 1.71 bits per heavy atom. The van der Waals surface area contributed by atoms with Gasteiger partial charge in [0.25, 0.3) is 0 Å². The molecule has 2 rings (SSSR count). The molecular formula is C16H22N2O2S. The number of nitrogens with one attached hydrogen (secondary N) is 1. The Morgan fingerprint density at radius 1 is 1.05 bits per heavy atom. The highest BCUT2D eigenvalue weighted by molar-refractivity contribution is 7.88. The van der Waals surface area contributed by atoms with E-state index in [1.165, 1.54) is 5.69 Å². The first-order valence-corrected chi connectivity index (χ1v) is 8.82. The Bertz CT molecular complexity index is 676. The Labute approximate surface area is 126 Å². The first-order chi connectivity index (χ1) is 10.0. The highest BCUT2D eigenvalue weighted by atomic mass is 32.2. The van der Waals surface area contributed by atoms with Crippen LogP contribution in [-0.2, 0) is 35.7 Å². The van der Waals surface area contributed by atoms with Crippen LogP contribution in [0, 0.1) is 0 Å². The monoisotopic (exact) mass is 306 g/mol. The number of rotatable bonds is 7. The van der Waals surface area contributed by atoms with Gasteiger partial charge < -0.3 is 4.57 Å². The first kappa shape index (κ1) is 15.8. The van der Waals surface area contributed by atoms with E-state index in [1.807, 2.05) is 37.4 Å². The number of sulfonamides is 1. The van der Waals surface area contributed by atoms with E-state index in [0.29, 0.717) is 13.0 Å². The van der Waals surface area contributed by atoms with Crippen LogP contribution in [0.15, 0.2) is 42.5 Å². The molecule has 0 unspecified atom stereocenters. The lowest BCUT2D eigenvalue weighted by atomic mass is 10.2. The summed E-state index contributed by atoms with van der Waals surface area (Å²) in [5.74, 6) is 0.0290. The number of nitrogens with zero attached hydrogens (tertiary/aromatic N) is 1. The van der Waals surface area contributed by atoms with E-state index in [1.54, 1.807) is 0 Å². The lowest BCUT2D eigenvalue weighted by molar-refractivity contribution is 0.579. The molecule has 114 valence electrons. The van der Waals surface area contributed by atoms with Gasteiger partial charge >= 0.3 is 0 Å². The van der Waals surface area contributed by atoms with E-state index < -0.39 is 10.0 Å². The minimum Gasteiger partial charge on any atom is -0.352 e. The van der Waals surface area contributed by atoms with Crippen molar-refractivity contribution in [1.29, 1.82) is 0 Å². The first-order valence-electron chi connectivity index (χ1n) is 7.16. The maximum Gasteiger partial charge on any atom is 0.215 e. The molecule has 0 saturated heterocycles. The molecule has 0 atom stereocenters. The number of aryl methyl sites for hydroxylation is 1. The average molecular weight is 306 g/mol. The standard InChI is InChI=1S/C16H22N2O2S/c1-3-15-9-10-16(18(15)2)11-12-17-21(19,20)13-14-7-5-4-6-8-14/h4-10,17H,3,11-13H2,1-2H3. The van der Waals surface area contributed by atoms with Gasteiger partial charge in [0.2, 0.25) is 10.0 Å². The summed E-state index contributed by atoms with van der Waals surface area (Å²) >= 11 is 0. The highest BCUT2D eigenvalue weighted by Crippen LogP contribution is 2.09. The smallest absolute Gasteiger partial charge is 0.215 e. The minimum atomic E-state index is -3.28. The number of hydrogen-bond donors (Lipinski definition) is 1. The van der Waals surface area contributed by atoms with Gasteiger partial charge in [0.15, 0.2) is 0 Å². The molecule has 1 N–H and O–H groups in total. The van der Waals surface area contributed by atoms with Gasteiger partial charge in [-0.05, 0) is 24.1 Å². The van der Waals surface area contributed by atoms with Crippen molar-refractivity contribution in [1.82, 2.24) is 9.29 Å². The quantitative estimate of drug-likeness (QED) is 0.853. The zero-order chi connectivity index (χ0) is 15.3. The van der Waals surface area contributed by atoms with E-state index in [-0.39, 0.29) is 5.75 Å². The molecule has 0 saturated carbocycles. The van der Waals surface area contributed by atoms with Crippen molar-refractivity contribution >= 4 is 10.0 Å². The summed E-state index contributed by atoms with van der Waals surface area (Å²) in [7, 11) is -1.26. The molecule has 21 heavy (non-hydrogen) atoms. The van der Waals surface area contributed by atoms with E-state index in [4.69, 9.17) is 0 Å². The van der Waals surface area contributed by atoms with Gasteiger partial charge in [0.1, 0.15) is 0 Å². The number of aromatic nitrogens is 1. The fourth-order valence-electron chi connectivity index (χ4n) is 2.39. The van der Waals surface area contributed by atoms with Gasteiger partial charge in [-0.25, -0.2) is 13.1 Å². The van der Waals surface area contributed by atoms with E-state index in [2.05, 4.69) is 28.3 Å². The largest absolute Gasteiger partial charge is 0.352 e. The van der Waals surface area contributed by atoms with Crippen molar-refractivity contribution in [2.75, 3.05) is 6.54 Å². The molecule has 0 aliphatic heterocycles. The average Bonchev–Trinajstić information content (AvgIpc) is 2.80. The molecule has 0 amide bonds. The van der Waals surface area contributed by atoms with Crippen molar-refractivity contribution in [3.8, 4) is 0 Å². The van der Waals surface area contributed by atoms with Crippen LogP contribution in [0.2, 0.25) is 0 Å². The van der Waals surface area contributed by atoms with Crippen molar-refractivity contribution in [3.05, 3.63) is 59.4 Å². The lowest BCUT2D eigenvalue weighted by Crippen LogP contribution is -2.27. The van der Waals surface area contributed by atoms with Gasteiger partial charge in [-0.3, -0.25) is 0 Å². The molecule has 4 nitrogen and oxygen atoms in total. The summed E-state index contributed by atoms with van der Waals surface area (Å²) in [5.41, 5.74) is 3.21. The summed E-state index contributed by atoms with van der Waals surface area (Å²) < 4.78 is 28.8. The molecule has 5 heteroatoms. The van der Waals surface area contributed by atoms with Crippen molar-refractivity contribution in [3.63, 3.8) is 0 Å². The molecular weight excluding hydrogens is 284 g/mol. The van der Waals surface area contributed by atoms with Crippen LogP contribution < -0.4 is 4.72 Å². The van der Waals surface area contributed by atoms with E-state index in [9.17, 15) is 8.42 Å². The Morgan fingerprint density at radius 3 is 2.33 bits per heavy atom. The lowest BCUT2D eigenvalue weighted by Gasteiger charge is -2.09. The van der Waals surface area contributed by atoms with Crippen LogP contribution in [0.3, 0.4) is 0 Å². The maximum absolute atomic E-state index is 12.0. The van der Waals surface area contributed by atoms with Crippen LogP contribution in [0.5, 0.6) is 0 Å². The van der Waals surface area contributed by atoms with Gasteiger partial charge in [-0.2, -0.15) is 0 Å². The van der Waals surface area contributed by atoms with Gasteiger partial charge in [-0.1, -0.05) is 37.3 Å². The van der Waals surface area contributed by atoms with Crippen molar-refractivity contribution < 1.29 is 8.42 Å². The molecule has 1 aromatic carbocycles.